The Balaban J connectivity index is 1.77. The van der Waals surface area contributed by atoms with Gasteiger partial charge in [0.2, 0.25) is 10.0 Å². The third-order valence-corrected chi connectivity index (χ3v) is 6.75. The maximum Gasteiger partial charge on any atom is 0.404 e. The van der Waals surface area contributed by atoms with Crippen molar-refractivity contribution in [3.63, 3.8) is 0 Å². The predicted octanol–water partition coefficient (Wildman–Crippen LogP) is 3.75. The molecule has 1 aliphatic rings. The van der Waals surface area contributed by atoms with Gasteiger partial charge in [0, 0.05) is 18.1 Å². The third kappa shape index (κ3) is 4.18. The van der Waals surface area contributed by atoms with E-state index in [0.717, 1.165) is 31.3 Å². The summed E-state index contributed by atoms with van der Waals surface area (Å²) < 4.78 is 79.9. The molecule has 3 aromatic rings. The Bertz CT molecular complexity index is 1320. The van der Waals surface area contributed by atoms with E-state index >= 15 is 0 Å². The van der Waals surface area contributed by atoms with Crippen LogP contribution in [-0.4, -0.2) is 35.2 Å². The number of hydrogen-bond donors (Lipinski definition) is 1. The molecule has 1 aliphatic carbocycles. The Morgan fingerprint density at radius 1 is 1.28 bits per heavy atom. The van der Waals surface area contributed by atoms with E-state index in [1.54, 1.807) is 9.29 Å². The van der Waals surface area contributed by atoms with Gasteiger partial charge in [-0.1, -0.05) is 0 Å². The van der Waals surface area contributed by atoms with Crippen LogP contribution < -0.4 is 4.72 Å². The van der Waals surface area contributed by atoms with Crippen LogP contribution >= 0.6 is 0 Å². The zero-order chi connectivity index (χ0) is 23.3. The quantitative estimate of drug-likeness (QED) is 0.557. The minimum Gasteiger partial charge on any atom is -0.323 e. The van der Waals surface area contributed by atoms with Crippen LogP contribution in [0, 0.1) is 23.1 Å². The standard InChI is InChI=1S/C20H17F4N5O2S/c1-11(20(22,23)24)28-32(30,31)14-4-5-17(26-9-14)18-16(7-25)15-6-13(21)8-27-19(15)29(18)10-12-2-3-12/h4-6,8-9,11-12,28H,2-3,10H2,1H3/t11-/m1/s1. The van der Waals surface area contributed by atoms with E-state index in [2.05, 4.69) is 9.97 Å². The highest BCUT2D eigenvalue weighted by atomic mass is 32.2. The topological polar surface area (TPSA) is 101 Å². The molecule has 0 aromatic carbocycles. The van der Waals surface area contributed by atoms with Gasteiger partial charge in [-0.25, -0.2) is 17.8 Å². The monoisotopic (exact) mass is 467 g/mol. The van der Waals surface area contributed by atoms with Crippen LogP contribution in [-0.2, 0) is 16.6 Å². The van der Waals surface area contributed by atoms with Gasteiger partial charge in [-0.3, -0.25) is 4.98 Å². The first kappa shape index (κ1) is 22.2. The molecule has 1 N–H and O–H groups in total. The number of sulfonamides is 1. The molecular formula is C20H17F4N5O2S. The summed E-state index contributed by atoms with van der Waals surface area (Å²) in [6.07, 6.45) is -0.776. The fourth-order valence-electron chi connectivity index (χ4n) is 3.36. The first-order valence-corrected chi connectivity index (χ1v) is 11.1. The lowest BCUT2D eigenvalue weighted by atomic mass is 10.1. The molecule has 1 atom stereocenters. The SMILES string of the molecule is C[C@@H](NS(=O)(=O)c1ccc(-c2c(C#N)c3cc(F)cnc3n2CC2CC2)nc1)C(F)(F)F. The van der Waals surface area contributed by atoms with E-state index < -0.39 is 33.0 Å². The van der Waals surface area contributed by atoms with Gasteiger partial charge in [0.15, 0.2) is 0 Å². The van der Waals surface area contributed by atoms with E-state index in [1.807, 2.05) is 6.07 Å². The fourth-order valence-corrected chi connectivity index (χ4v) is 4.54. The Labute approximate surface area is 180 Å². The number of rotatable bonds is 6. The Morgan fingerprint density at radius 3 is 2.56 bits per heavy atom. The summed E-state index contributed by atoms with van der Waals surface area (Å²) in [5.74, 6) is -0.237. The van der Waals surface area contributed by atoms with Crippen LogP contribution in [0.4, 0.5) is 17.6 Å². The van der Waals surface area contributed by atoms with Crippen molar-refractivity contribution in [1.82, 2.24) is 19.3 Å². The van der Waals surface area contributed by atoms with Gasteiger partial charge >= 0.3 is 6.18 Å². The summed E-state index contributed by atoms with van der Waals surface area (Å²) in [6, 6.07) is 3.39. The number of aromatic nitrogens is 3. The Kier molecular flexibility index (Phi) is 5.42. The fraction of sp³-hybridized carbons (Fsp3) is 0.350. The number of fused-ring (bicyclic) bond motifs is 1. The molecule has 3 heterocycles. The highest BCUT2D eigenvalue weighted by Crippen LogP contribution is 2.37. The van der Waals surface area contributed by atoms with E-state index in [-0.39, 0.29) is 11.3 Å². The Morgan fingerprint density at radius 2 is 2.00 bits per heavy atom. The van der Waals surface area contributed by atoms with Crippen molar-refractivity contribution in [2.75, 3.05) is 0 Å². The zero-order valence-corrected chi connectivity index (χ0v) is 17.5. The lowest BCUT2D eigenvalue weighted by molar-refractivity contribution is -0.147. The van der Waals surface area contributed by atoms with Crippen molar-refractivity contribution in [3.8, 4) is 17.5 Å². The molecule has 32 heavy (non-hydrogen) atoms. The molecule has 0 amide bonds. The maximum absolute atomic E-state index is 13.8. The number of hydrogen-bond acceptors (Lipinski definition) is 5. The smallest absolute Gasteiger partial charge is 0.323 e. The van der Waals surface area contributed by atoms with Crippen molar-refractivity contribution < 1.29 is 26.0 Å². The maximum atomic E-state index is 13.8. The summed E-state index contributed by atoms with van der Waals surface area (Å²) in [5.41, 5.74) is 1.13. The minimum absolute atomic E-state index is 0.138. The van der Waals surface area contributed by atoms with Crippen LogP contribution in [0.2, 0.25) is 0 Å². The van der Waals surface area contributed by atoms with Crippen LogP contribution in [0.5, 0.6) is 0 Å². The lowest BCUT2D eigenvalue weighted by Gasteiger charge is -2.17. The molecule has 0 saturated heterocycles. The number of halogens is 4. The number of nitrogens with one attached hydrogen (secondary N) is 1. The second-order valence-corrected chi connectivity index (χ2v) is 9.39. The van der Waals surface area contributed by atoms with Gasteiger partial charge in [0.1, 0.15) is 28.5 Å². The Hall–Kier alpha value is -3.04. The van der Waals surface area contributed by atoms with Crippen LogP contribution in [0.1, 0.15) is 25.3 Å². The van der Waals surface area contributed by atoms with Crippen molar-refractivity contribution in [3.05, 3.63) is 42.0 Å². The number of nitriles is 1. The lowest BCUT2D eigenvalue weighted by Crippen LogP contribution is -2.42. The molecule has 0 unspecified atom stereocenters. The number of alkyl halides is 3. The minimum atomic E-state index is -4.74. The highest BCUT2D eigenvalue weighted by molar-refractivity contribution is 7.89. The van der Waals surface area contributed by atoms with Gasteiger partial charge in [0.25, 0.3) is 0 Å². The van der Waals surface area contributed by atoms with E-state index in [1.165, 1.54) is 12.1 Å². The molecular weight excluding hydrogens is 450 g/mol. The number of nitrogens with zero attached hydrogens (tertiary/aromatic N) is 4. The molecule has 0 spiro atoms. The molecule has 0 radical (unpaired) electrons. The summed E-state index contributed by atoms with van der Waals surface area (Å²) in [5, 5.41) is 10.0. The molecule has 168 valence electrons. The van der Waals surface area contributed by atoms with Crippen molar-refractivity contribution in [1.29, 1.82) is 5.26 Å². The first-order chi connectivity index (χ1) is 15.0. The molecule has 0 aliphatic heterocycles. The summed E-state index contributed by atoms with van der Waals surface area (Å²) >= 11 is 0. The van der Waals surface area contributed by atoms with Crippen LogP contribution in [0.25, 0.3) is 22.4 Å². The largest absolute Gasteiger partial charge is 0.404 e. The van der Waals surface area contributed by atoms with Gasteiger partial charge < -0.3 is 4.57 Å². The van der Waals surface area contributed by atoms with E-state index in [9.17, 15) is 31.2 Å². The van der Waals surface area contributed by atoms with E-state index in [0.29, 0.717) is 36.1 Å². The van der Waals surface area contributed by atoms with Crippen molar-refractivity contribution in [2.45, 2.75) is 43.4 Å². The zero-order valence-electron chi connectivity index (χ0n) is 16.7. The summed E-state index contributed by atoms with van der Waals surface area (Å²) in [7, 11) is -4.47. The second kappa shape index (κ2) is 7.83. The third-order valence-electron chi connectivity index (χ3n) is 5.23. The molecule has 7 nitrogen and oxygen atoms in total. The average Bonchev–Trinajstić information content (AvgIpc) is 3.48. The summed E-state index contributed by atoms with van der Waals surface area (Å²) in [4.78, 5) is 7.78. The van der Waals surface area contributed by atoms with Crippen molar-refractivity contribution >= 4 is 21.1 Å². The molecule has 1 saturated carbocycles. The number of pyridine rings is 2. The normalized spacial score (nSPS) is 15.6. The summed E-state index contributed by atoms with van der Waals surface area (Å²) in [6.45, 7) is 1.22. The predicted molar refractivity (Wildman–Crippen MR) is 106 cm³/mol. The second-order valence-electron chi connectivity index (χ2n) is 7.68. The van der Waals surface area contributed by atoms with Crippen LogP contribution in [0.15, 0.2) is 35.5 Å². The molecule has 1 fully saturated rings. The van der Waals surface area contributed by atoms with Gasteiger partial charge in [-0.15, -0.1) is 0 Å². The average molecular weight is 467 g/mol. The molecule has 0 bridgehead atoms. The first-order valence-electron chi connectivity index (χ1n) is 9.64. The van der Waals surface area contributed by atoms with Gasteiger partial charge in [0.05, 0.1) is 23.1 Å². The van der Waals surface area contributed by atoms with E-state index in [4.69, 9.17) is 0 Å². The molecule has 12 heteroatoms. The van der Waals surface area contributed by atoms with Gasteiger partial charge in [-0.05, 0) is 43.9 Å². The van der Waals surface area contributed by atoms with Crippen LogP contribution in [0.3, 0.4) is 0 Å². The molecule has 3 aromatic heterocycles. The van der Waals surface area contributed by atoms with Gasteiger partial charge in [-0.2, -0.15) is 23.2 Å². The van der Waals surface area contributed by atoms with Crippen molar-refractivity contribution in [2.24, 2.45) is 5.92 Å². The molecule has 4 rings (SSSR count). The highest BCUT2D eigenvalue weighted by Gasteiger charge is 2.39.